The van der Waals surface area contributed by atoms with Crippen molar-refractivity contribution in [1.29, 1.82) is 0 Å². The van der Waals surface area contributed by atoms with Crippen molar-refractivity contribution in [2.24, 2.45) is 5.92 Å². The Morgan fingerprint density at radius 1 is 1.25 bits per heavy atom. The third-order valence-electron chi connectivity index (χ3n) is 3.32. The van der Waals surface area contributed by atoms with E-state index in [-0.39, 0.29) is 17.1 Å². The summed E-state index contributed by atoms with van der Waals surface area (Å²) in [6.07, 6.45) is -1.23. The van der Waals surface area contributed by atoms with Gasteiger partial charge in [-0.2, -0.15) is 0 Å². The molecular formula is C16H17NO7. The van der Waals surface area contributed by atoms with Crippen LogP contribution in [0.5, 0.6) is 5.75 Å². The first-order chi connectivity index (χ1) is 11.3. The van der Waals surface area contributed by atoms with Crippen molar-refractivity contribution in [2.75, 3.05) is 7.11 Å². The summed E-state index contributed by atoms with van der Waals surface area (Å²) in [6.45, 7) is 3.26. The summed E-state index contributed by atoms with van der Waals surface area (Å²) in [5, 5.41) is 9.52. The van der Waals surface area contributed by atoms with E-state index < -0.39 is 23.6 Å². The van der Waals surface area contributed by atoms with Crippen molar-refractivity contribution < 1.29 is 28.7 Å². The highest BCUT2D eigenvalue weighted by atomic mass is 16.7. The predicted octanol–water partition coefficient (Wildman–Crippen LogP) is 1.57. The van der Waals surface area contributed by atoms with Crippen molar-refractivity contribution in [2.45, 2.75) is 20.0 Å². The number of ether oxygens (including phenoxy) is 1. The van der Waals surface area contributed by atoms with E-state index in [1.54, 1.807) is 26.0 Å². The van der Waals surface area contributed by atoms with Gasteiger partial charge in [0.25, 0.3) is 5.91 Å². The molecule has 2 N–H and O–H groups in total. The van der Waals surface area contributed by atoms with Gasteiger partial charge < -0.3 is 14.3 Å². The number of fused-ring (bicyclic) bond motifs is 1. The van der Waals surface area contributed by atoms with Crippen LogP contribution in [-0.2, 0) is 9.63 Å². The third-order valence-corrected chi connectivity index (χ3v) is 3.32. The van der Waals surface area contributed by atoms with E-state index in [2.05, 4.69) is 0 Å². The number of amides is 1. The van der Waals surface area contributed by atoms with E-state index >= 15 is 0 Å². The number of nitrogens with one attached hydrogen (secondary N) is 1. The second-order valence-corrected chi connectivity index (χ2v) is 5.40. The Hall–Kier alpha value is -2.87. The molecule has 0 saturated heterocycles. The first kappa shape index (κ1) is 17.5. The van der Waals surface area contributed by atoms with Gasteiger partial charge in [0.15, 0.2) is 6.10 Å². The molecule has 1 aromatic carbocycles. The SMILES string of the molecule is COc1ccc2cc(C(=O)NOC(C(=O)O)C(C)C)c(=O)oc2c1. The molecule has 1 atom stereocenters. The van der Waals surface area contributed by atoms with Crippen LogP contribution in [0.4, 0.5) is 0 Å². The number of carbonyl (C=O) groups excluding carboxylic acids is 1. The van der Waals surface area contributed by atoms with Gasteiger partial charge in [-0.05, 0) is 24.1 Å². The zero-order valence-electron chi connectivity index (χ0n) is 13.4. The molecule has 2 aromatic rings. The molecule has 0 radical (unpaired) electrons. The second kappa shape index (κ2) is 7.14. The first-order valence-corrected chi connectivity index (χ1v) is 7.14. The van der Waals surface area contributed by atoms with E-state index in [0.29, 0.717) is 11.1 Å². The number of rotatable bonds is 6. The van der Waals surface area contributed by atoms with Crippen LogP contribution in [0.2, 0.25) is 0 Å². The summed E-state index contributed by atoms with van der Waals surface area (Å²) in [5.41, 5.74) is 1.09. The van der Waals surface area contributed by atoms with E-state index in [1.165, 1.54) is 19.2 Å². The van der Waals surface area contributed by atoms with Gasteiger partial charge in [0.2, 0.25) is 0 Å². The Balaban J connectivity index is 2.25. The van der Waals surface area contributed by atoms with Crippen molar-refractivity contribution in [3.8, 4) is 5.75 Å². The molecule has 1 unspecified atom stereocenters. The van der Waals surface area contributed by atoms with Crippen LogP contribution >= 0.6 is 0 Å². The zero-order chi connectivity index (χ0) is 17.9. The number of aliphatic carboxylic acids is 1. The lowest BCUT2D eigenvalue weighted by Gasteiger charge is -2.16. The van der Waals surface area contributed by atoms with E-state index in [4.69, 9.17) is 19.1 Å². The van der Waals surface area contributed by atoms with Crippen LogP contribution in [0.25, 0.3) is 11.0 Å². The fourth-order valence-electron chi connectivity index (χ4n) is 2.02. The molecular weight excluding hydrogens is 318 g/mol. The van der Waals surface area contributed by atoms with Gasteiger partial charge in [-0.15, -0.1) is 0 Å². The smallest absolute Gasteiger partial charge is 0.349 e. The Morgan fingerprint density at radius 3 is 2.54 bits per heavy atom. The second-order valence-electron chi connectivity index (χ2n) is 5.40. The molecule has 24 heavy (non-hydrogen) atoms. The molecule has 2 rings (SSSR count). The number of carboxylic acids is 1. The number of hydroxylamine groups is 1. The average molecular weight is 335 g/mol. The Bertz CT molecular complexity index is 825. The van der Waals surface area contributed by atoms with Crippen molar-refractivity contribution in [3.63, 3.8) is 0 Å². The monoisotopic (exact) mass is 335 g/mol. The molecule has 1 aromatic heterocycles. The lowest BCUT2D eigenvalue weighted by atomic mass is 10.1. The van der Waals surface area contributed by atoms with E-state index in [1.807, 2.05) is 5.48 Å². The van der Waals surface area contributed by atoms with Crippen molar-refractivity contribution in [3.05, 3.63) is 40.2 Å². The molecule has 8 nitrogen and oxygen atoms in total. The number of carbonyl (C=O) groups is 2. The van der Waals surface area contributed by atoms with Crippen LogP contribution in [-0.4, -0.2) is 30.2 Å². The van der Waals surface area contributed by atoms with Gasteiger partial charge in [0.05, 0.1) is 7.11 Å². The number of hydrogen-bond donors (Lipinski definition) is 2. The summed E-state index contributed by atoms with van der Waals surface area (Å²) in [7, 11) is 1.48. The van der Waals surface area contributed by atoms with Crippen LogP contribution in [0, 0.1) is 5.92 Å². The minimum absolute atomic E-state index is 0.266. The standard InChI is InChI=1S/C16H17NO7/c1-8(2)13(15(19)20)24-17-14(18)11-6-9-4-5-10(22-3)7-12(9)23-16(11)21/h4-8,13H,1-3H3,(H,17,18)(H,19,20). The van der Waals surface area contributed by atoms with Crippen LogP contribution < -0.4 is 15.8 Å². The van der Waals surface area contributed by atoms with Gasteiger partial charge >= 0.3 is 11.6 Å². The zero-order valence-corrected chi connectivity index (χ0v) is 13.4. The summed E-state index contributed by atoms with van der Waals surface area (Å²) in [5.74, 6) is -1.97. The molecule has 1 amide bonds. The van der Waals surface area contributed by atoms with Crippen LogP contribution in [0.1, 0.15) is 24.2 Å². The van der Waals surface area contributed by atoms with Crippen LogP contribution in [0.3, 0.4) is 0 Å². The summed E-state index contributed by atoms with van der Waals surface area (Å²) in [4.78, 5) is 39.9. The number of carboxylic acid groups (broad SMARTS) is 1. The van der Waals surface area contributed by atoms with Crippen molar-refractivity contribution in [1.82, 2.24) is 5.48 Å². The number of benzene rings is 1. The fourth-order valence-corrected chi connectivity index (χ4v) is 2.02. The highest BCUT2D eigenvalue weighted by molar-refractivity contribution is 5.96. The van der Waals surface area contributed by atoms with Gasteiger partial charge in [-0.25, -0.2) is 15.1 Å². The van der Waals surface area contributed by atoms with Crippen molar-refractivity contribution >= 4 is 22.8 Å². The third kappa shape index (κ3) is 3.72. The molecule has 0 fully saturated rings. The van der Waals surface area contributed by atoms with Gasteiger partial charge in [-0.1, -0.05) is 13.8 Å². The molecule has 0 aliphatic rings. The molecule has 0 bridgehead atoms. The highest BCUT2D eigenvalue weighted by Crippen LogP contribution is 2.20. The molecule has 128 valence electrons. The van der Waals surface area contributed by atoms with Gasteiger partial charge in [0, 0.05) is 11.5 Å². The molecule has 8 heteroatoms. The van der Waals surface area contributed by atoms with Gasteiger partial charge in [-0.3, -0.25) is 9.63 Å². The maximum atomic E-state index is 12.1. The normalized spacial score (nSPS) is 12.2. The Labute approximate surface area is 136 Å². The molecule has 0 spiro atoms. The fraction of sp³-hybridized carbons (Fsp3) is 0.312. The first-order valence-electron chi connectivity index (χ1n) is 7.14. The lowest BCUT2D eigenvalue weighted by molar-refractivity contribution is -0.157. The minimum Gasteiger partial charge on any atom is -0.497 e. The number of methoxy groups -OCH3 is 1. The topological polar surface area (TPSA) is 115 Å². The largest absolute Gasteiger partial charge is 0.497 e. The maximum Gasteiger partial charge on any atom is 0.349 e. The molecule has 0 aliphatic carbocycles. The summed E-state index contributed by atoms with van der Waals surface area (Å²) >= 11 is 0. The molecule has 1 heterocycles. The Morgan fingerprint density at radius 2 is 1.96 bits per heavy atom. The lowest BCUT2D eigenvalue weighted by Crippen LogP contribution is -2.38. The quantitative estimate of drug-likeness (QED) is 0.608. The van der Waals surface area contributed by atoms with E-state index in [9.17, 15) is 14.4 Å². The summed E-state index contributed by atoms with van der Waals surface area (Å²) in [6, 6.07) is 6.14. The van der Waals surface area contributed by atoms with Gasteiger partial charge in [0.1, 0.15) is 16.9 Å². The summed E-state index contributed by atoms with van der Waals surface area (Å²) < 4.78 is 10.1. The van der Waals surface area contributed by atoms with Crippen LogP contribution in [0.15, 0.2) is 33.5 Å². The predicted molar refractivity (Wildman–Crippen MR) is 83.8 cm³/mol. The highest BCUT2D eigenvalue weighted by Gasteiger charge is 2.24. The maximum absolute atomic E-state index is 12.1. The average Bonchev–Trinajstić information content (AvgIpc) is 2.52. The molecule has 0 aliphatic heterocycles. The van der Waals surface area contributed by atoms with E-state index in [0.717, 1.165) is 0 Å². The Kier molecular flexibility index (Phi) is 5.20. The number of hydrogen-bond acceptors (Lipinski definition) is 6. The molecule has 0 saturated carbocycles. The minimum atomic E-state index is -1.23.